The van der Waals surface area contributed by atoms with Crippen LogP contribution in [-0.4, -0.2) is 18.9 Å². The van der Waals surface area contributed by atoms with Gasteiger partial charge in [0.05, 0.1) is 7.11 Å². The SMILES string of the molecule is CCCNC1c2cc(OC)cc(F)c2CSC1C. The number of benzene rings is 1. The summed E-state index contributed by atoms with van der Waals surface area (Å²) in [6.45, 7) is 5.28. The minimum atomic E-state index is -0.146. The van der Waals surface area contributed by atoms with Gasteiger partial charge in [0.2, 0.25) is 0 Å². The van der Waals surface area contributed by atoms with Crippen molar-refractivity contribution in [2.75, 3.05) is 13.7 Å². The fourth-order valence-corrected chi connectivity index (χ4v) is 3.49. The van der Waals surface area contributed by atoms with E-state index < -0.39 is 0 Å². The van der Waals surface area contributed by atoms with Crippen LogP contribution in [0.1, 0.15) is 37.4 Å². The quantitative estimate of drug-likeness (QED) is 0.904. The Morgan fingerprint density at radius 2 is 2.28 bits per heavy atom. The van der Waals surface area contributed by atoms with E-state index in [1.54, 1.807) is 18.9 Å². The van der Waals surface area contributed by atoms with Gasteiger partial charge in [-0.2, -0.15) is 11.8 Å². The monoisotopic (exact) mass is 269 g/mol. The molecule has 2 rings (SSSR count). The van der Waals surface area contributed by atoms with Crippen molar-refractivity contribution in [1.29, 1.82) is 0 Å². The molecule has 0 radical (unpaired) electrons. The molecule has 0 spiro atoms. The Balaban J connectivity index is 2.37. The van der Waals surface area contributed by atoms with Crippen LogP contribution in [0.3, 0.4) is 0 Å². The smallest absolute Gasteiger partial charge is 0.131 e. The lowest BCUT2D eigenvalue weighted by Crippen LogP contribution is -2.32. The standard InChI is InChI=1S/C14H20FNOS/c1-4-5-16-14-9(2)18-8-12-11(14)6-10(17-3)7-13(12)15/h6-7,9,14,16H,4-5,8H2,1-3H3. The van der Waals surface area contributed by atoms with Crippen molar-refractivity contribution in [3.05, 3.63) is 29.1 Å². The van der Waals surface area contributed by atoms with E-state index in [-0.39, 0.29) is 11.9 Å². The highest BCUT2D eigenvalue weighted by Gasteiger charge is 2.29. The lowest BCUT2D eigenvalue weighted by molar-refractivity contribution is 0.407. The molecule has 1 N–H and O–H groups in total. The maximum absolute atomic E-state index is 14.0. The molecular formula is C14H20FNOS. The van der Waals surface area contributed by atoms with Gasteiger partial charge in [0.15, 0.2) is 0 Å². The van der Waals surface area contributed by atoms with Crippen LogP contribution in [0, 0.1) is 5.82 Å². The molecule has 0 amide bonds. The fourth-order valence-electron chi connectivity index (χ4n) is 2.32. The van der Waals surface area contributed by atoms with Crippen molar-refractivity contribution in [2.45, 2.75) is 37.3 Å². The molecule has 0 saturated heterocycles. The van der Waals surface area contributed by atoms with Crippen LogP contribution in [0.5, 0.6) is 5.75 Å². The predicted octanol–water partition coefficient (Wildman–Crippen LogP) is 3.51. The first-order valence-corrected chi connectivity index (χ1v) is 7.43. The number of ether oxygens (including phenoxy) is 1. The Hall–Kier alpha value is -0.740. The van der Waals surface area contributed by atoms with Gasteiger partial charge < -0.3 is 10.1 Å². The molecule has 0 saturated carbocycles. The summed E-state index contributed by atoms with van der Waals surface area (Å²) in [5.74, 6) is 1.21. The van der Waals surface area contributed by atoms with Crippen LogP contribution in [0.15, 0.2) is 12.1 Å². The molecule has 4 heteroatoms. The largest absolute Gasteiger partial charge is 0.497 e. The van der Waals surface area contributed by atoms with E-state index >= 15 is 0 Å². The van der Waals surface area contributed by atoms with Gasteiger partial charge >= 0.3 is 0 Å². The summed E-state index contributed by atoms with van der Waals surface area (Å²) < 4.78 is 19.2. The van der Waals surface area contributed by atoms with Crippen LogP contribution in [0.2, 0.25) is 0 Å². The van der Waals surface area contributed by atoms with E-state index in [0.717, 1.165) is 29.8 Å². The number of rotatable bonds is 4. The summed E-state index contributed by atoms with van der Waals surface area (Å²) in [4.78, 5) is 0. The average Bonchev–Trinajstić information content (AvgIpc) is 2.37. The third-order valence-electron chi connectivity index (χ3n) is 3.35. The first-order chi connectivity index (χ1) is 8.67. The highest BCUT2D eigenvalue weighted by Crippen LogP contribution is 2.40. The number of thioether (sulfide) groups is 1. The van der Waals surface area contributed by atoms with Crippen molar-refractivity contribution in [1.82, 2.24) is 5.32 Å². The molecule has 0 bridgehead atoms. The lowest BCUT2D eigenvalue weighted by atomic mass is 9.97. The number of methoxy groups -OCH3 is 1. The molecule has 100 valence electrons. The van der Waals surface area contributed by atoms with E-state index in [1.807, 2.05) is 6.07 Å². The normalized spacial score (nSPS) is 22.7. The molecule has 2 atom stereocenters. The fraction of sp³-hybridized carbons (Fsp3) is 0.571. The number of hydrogen-bond donors (Lipinski definition) is 1. The second-order valence-corrected chi connectivity index (χ2v) is 5.99. The number of fused-ring (bicyclic) bond motifs is 1. The Morgan fingerprint density at radius 1 is 1.50 bits per heavy atom. The molecule has 0 aromatic heterocycles. The second kappa shape index (κ2) is 5.93. The van der Waals surface area contributed by atoms with E-state index in [4.69, 9.17) is 4.74 Å². The maximum Gasteiger partial charge on any atom is 0.131 e. The summed E-state index contributed by atoms with van der Waals surface area (Å²) in [7, 11) is 1.58. The minimum Gasteiger partial charge on any atom is -0.497 e. The van der Waals surface area contributed by atoms with Gasteiger partial charge in [0.25, 0.3) is 0 Å². The number of hydrogen-bond acceptors (Lipinski definition) is 3. The van der Waals surface area contributed by atoms with Crippen LogP contribution in [-0.2, 0) is 5.75 Å². The highest BCUT2D eigenvalue weighted by atomic mass is 32.2. The van der Waals surface area contributed by atoms with Gasteiger partial charge in [-0.3, -0.25) is 0 Å². The molecule has 1 heterocycles. The summed E-state index contributed by atoms with van der Waals surface area (Å²) in [6, 6.07) is 3.66. The zero-order valence-electron chi connectivity index (χ0n) is 11.1. The molecular weight excluding hydrogens is 249 g/mol. The van der Waals surface area contributed by atoms with Crippen LogP contribution in [0.25, 0.3) is 0 Å². The molecule has 2 unspecified atom stereocenters. The molecule has 1 aliphatic heterocycles. The minimum absolute atomic E-state index is 0.146. The Morgan fingerprint density at radius 3 is 2.94 bits per heavy atom. The van der Waals surface area contributed by atoms with Gasteiger partial charge in [-0.05, 0) is 24.6 Å². The van der Waals surface area contributed by atoms with Crippen molar-refractivity contribution < 1.29 is 9.13 Å². The molecule has 1 aliphatic rings. The summed E-state index contributed by atoms with van der Waals surface area (Å²) >= 11 is 1.80. The van der Waals surface area contributed by atoms with Crippen LogP contribution < -0.4 is 10.1 Å². The van der Waals surface area contributed by atoms with E-state index in [1.165, 1.54) is 6.07 Å². The van der Waals surface area contributed by atoms with Gasteiger partial charge in [0.1, 0.15) is 11.6 Å². The molecule has 1 aromatic carbocycles. The maximum atomic E-state index is 14.0. The molecule has 0 fully saturated rings. The first kappa shape index (κ1) is 13.7. The average molecular weight is 269 g/mol. The van der Waals surface area contributed by atoms with Crippen molar-refractivity contribution >= 4 is 11.8 Å². The van der Waals surface area contributed by atoms with Gasteiger partial charge in [-0.15, -0.1) is 0 Å². The lowest BCUT2D eigenvalue weighted by Gasteiger charge is -2.32. The molecule has 18 heavy (non-hydrogen) atoms. The number of halogens is 1. The molecule has 0 aliphatic carbocycles. The van der Waals surface area contributed by atoms with Gasteiger partial charge in [-0.25, -0.2) is 4.39 Å². The number of nitrogens with one attached hydrogen (secondary N) is 1. The summed E-state index contributed by atoms with van der Waals surface area (Å²) in [6.07, 6.45) is 1.08. The second-order valence-electron chi connectivity index (χ2n) is 4.62. The predicted molar refractivity (Wildman–Crippen MR) is 74.7 cm³/mol. The van der Waals surface area contributed by atoms with Crippen molar-refractivity contribution in [2.24, 2.45) is 0 Å². The van der Waals surface area contributed by atoms with Gasteiger partial charge in [0, 0.05) is 28.7 Å². The Kier molecular flexibility index (Phi) is 4.51. The van der Waals surface area contributed by atoms with Gasteiger partial charge in [-0.1, -0.05) is 13.8 Å². The first-order valence-electron chi connectivity index (χ1n) is 6.38. The third kappa shape index (κ3) is 2.64. The molecule has 1 aromatic rings. The zero-order valence-corrected chi connectivity index (χ0v) is 11.9. The highest BCUT2D eigenvalue weighted by molar-refractivity contribution is 7.99. The van der Waals surface area contributed by atoms with E-state index in [9.17, 15) is 4.39 Å². The van der Waals surface area contributed by atoms with Crippen molar-refractivity contribution in [3.8, 4) is 5.75 Å². The Bertz CT molecular complexity index is 425. The zero-order chi connectivity index (χ0) is 13.1. The van der Waals surface area contributed by atoms with E-state index in [0.29, 0.717) is 11.0 Å². The molecule has 2 nitrogen and oxygen atoms in total. The summed E-state index contributed by atoms with van der Waals surface area (Å²) in [5.41, 5.74) is 1.89. The summed E-state index contributed by atoms with van der Waals surface area (Å²) in [5, 5.41) is 3.97. The van der Waals surface area contributed by atoms with Crippen molar-refractivity contribution in [3.63, 3.8) is 0 Å². The van der Waals surface area contributed by atoms with E-state index in [2.05, 4.69) is 19.2 Å². The third-order valence-corrected chi connectivity index (χ3v) is 4.60. The van der Waals surface area contributed by atoms with Crippen LogP contribution >= 0.6 is 11.8 Å². The Labute approximate surface area is 112 Å². The topological polar surface area (TPSA) is 21.3 Å². The van der Waals surface area contributed by atoms with Crippen LogP contribution in [0.4, 0.5) is 4.39 Å².